The highest BCUT2D eigenvalue weighted by Gasteiger charge is 2.10. The van der Waals surface area contributed by atoms with E-state index in [-0.39, 0.29) is 0 Å². The molecule has 3 N–H and O–H groups in total. The average Bonchev–Trinajstić information content (AvgIpc) is 1.64. The highest BCUT2D eigenvalue weighted by atomic mass is 16.5. The second-order valence-corrected chi connectivity index (χ2v) is 1.65. The van der Waals surface area contributed by atoms with Gasteiger partial charge in [-0.2, -0.15) is 5.06 Å². The van der Waals surface area contributed by atoms with Gasteiger partial charge in [0.25, 0.3) is 0 Å². The van der Waals surface area contributed by atoms with Crippen LogP contribution in [0.5, 0.6) is 0 Å². The Morgan fingerprint density at radius 1 is 1.88 bits per heavy atom. The summed E-state index contributed by atoms with van der Waals surface area (Å²) in [6, 6.07) is -0.602. The Morgan fingerprint density at radius 2 is 2.25 bits per heavy atom. The third-order valence-electron chi connectivity index (χ3n) is 0.972. The number of hydrogen-bond acceptors (Lipinski definition) is 3. The summed E-state index contributed by atoms with van der Waals surface area (Å²) in [6.07, 6.45) is 0. The molecular formula is C4H10N2O2. The van der Waals surface area contributed by atoms with Gasteiger partial charge < -0.3 is 10.9 Å². The summed E-state index contributed by atoms with van der Waals surface area (Å²) in [6.45, 7) is 1.52. The molecule has 0 heterocycles. The van der Waals surface area contributed by atoms with Crippen LogP contribution in [-0.4, -0.2) is 29.3 Å². The van der Waals surface area contributed by atoms with E-state index in [1.165, 1.54) is 14.0 Å². The topological polar surface area (TPSA) is 66.6 Å². The maximum atomic E-state index is 10.2. The SMILES string of the molecule is C[C@@H](C(N)=O)N(C)O. The van der Waals surface area contributed by atoms with Crippen molar-refractivity contribution in [3.8, 4) is 0 Å². The Labute approximate surface area is 47.8 Å². The summed E-state index contributed by atoms with van der Waals surface area (Å²) in [7, 11) is 1.37. The molecule has 1 amide bonds. The van der Waals surface area contributed by atoms with Crippen molar-refractivity contribution in [3.63, 3.8) is 0 Å². The van der Waals surface area contributed by atoms with Gasteiger partial charge in [0.15, 0.2) is 0 Å². The van der Waals surface area contributed by atoms with Crippen molar-refractivity contribution in [2.45, 2.75) is 13.0 Å². The summed E-state index contributed by atoms with van der Waals surface area (Å²) in [5.41, 5.74) is 4.80. The molecule has 0 rings (SSSR count). The predicted molar refractivity (Wildman–Crippen MR) is 28.2 cm³/mol. The molecule has 0 aromatic heterocycles. The fourth-order valence-electron chi connectivity index (χ4n) is 0.184. The molecule has 0 spiro atoms. The molecule has 0 aromatic carbocycles. The van der Waals surface area contributed by atoms with Crippen LogP contribution in [0, 0.1) is 0 Å². The molecule has 0 aliphatic carbocycles. The summed E-state index contributed by atoms with van der Waals surface area (Å²) in [5.74, 6) is -0.532. The molecule has 48 valence electrons. The second kappa shape index (κ2) is 2.64. The minimum absolute atomic E-state index is 0.532. The Balaban J connectivity index is 3.64. The normalized spacial score (nSPS) is 14.0. The first-order valence-electron chi connectivity index (χ1n) is 2.26. The van der Waals surface area contributed by atoms with Crippen molar-refractivity contribution in [2.24, 2.45) is 5.73 Å². The van der Waals surface area contributed by atoms with E-state index in [2.05, 4.69) is 0 Å². The lowest BCUT2D eigenvalue weighted by molar-refractivity contribution is -0.141. The average molecular weight is 118 g/mol. The molecule has 0 saturated carbocycles. The molecule has 4 nitrogen and oxygen atoms in total. The summed E-state index contributed by atoms with van der Waals surface area (Å²) >= 11 is 0. The van der Waals surface area contributed by atoms with Gasteiger partial charge in [-0.05, 0) is 6.92 Å². The number of rotatable bonds is 2. The monoisotopic (exact) mass is 118 g/mol. The van der Waals surface area contributed by atoms with Crippen LogP contribution in [0.25, 0.3) is 0 Å². The van der Waals surface area contributed by atoms with Gasteiger partial charge in [0.1, 0.15) is 6.04 Å². The van der Waals surface area contributed by atoms with Gasteiger partial charge in [0.2, 0.25) is 5.91 Å². The molecule has 0 radical (unpaired) electrons. The number of likely N-dealkylation sites (N-methyl/N-ethyl adjacent to an activating group) is 1. The number of primary amides is 1. The molecule has 0 saturated heterocycles. The van der Waals surface area contributed by atoms with Gasteiger partial charge in [0.05, 0.1) is 0 Å². The van der Waals surface area contributed by atoms with Crippen LogP contribution in [0.15, 0.2) is 0 Å². The largest absolute Gasteiger partial charge is 0.368 e. The van der Waals surface area contributed by atoms with Crippen molar-refractivity contribution in [1.82, 2.24) is 5.06 Å². The van der Waals surface area contributed by atoms with Crippen LogP contribution in [0.1, 0.15) is 6.92 Å². The van der Waals surface area contributed by atoms with Crippen LogP contribution in [0.3, 0.4) is 0 Å². The lowest BCUT2D eigenvalue weighted by Gasteiger charge is -2.12. The zero-order valence-electron chi connectivity index (χ0n) is 4.96. The number of carbonyl (C=O) groups excluding carboxylic acids is 1. The number of amides is 1. The molecule has 8 heavy (non-hydrogen) atoms. The van der Waals surface area contributed by atoms with Crippen molar-refractivity contribution in [1.29, 1.82) is 0 Å². The molecule has 0 aromatic rings. The molecule has 1 atom stereocenters. The molecule has 0 fully saturated rings. The van der Waals surface area contributed by atoms with E-state index in [9.17, 15) is 4.79 Å². The smallest absolute Gasteiger partial charge is 0.236 e. The van der Waals surface area contributed by atoms with Gasteiger partial charge in [0, 0.05) is 7.05 Å². The summed E-state index contributed by atoms with van der Waals surface area (Å²) in [5, 5.41) is 9.29. The zero-order chi connectivity index (χ0) is 6.73. The van der Waals surface area contributed by atoms with Crippen LogP contribution in [0.2, 0.25) is 0 Å². The fraction of sp³-hybridized carbons (Fsp3) is 0.750. The maximum Gasteiger partial charge on any atom is 0.236 e. The lowest BCUT2D eigenvalue weighted by atomic mass is 10.3. The first-order chi connectivity index (χ1) is 3.55. The molecule has 0 bridgehead atoms. The first-order valence-corrected chi connectivity index (χ1v) is 2.26. The minimum Gasteiger partial charge on any atom is -0.368 e. The molecule has 4 heteroatoms. The predicted octanol–water partition coefficient (Wildman–Crippen LogP) is -0.819. The standard InChI is InChI=1S/C4H10N2O2/c1-3(4(5)7)6(2)8/h3,8H,1-2H3,(H2,5,7)/t3-/m0/s1. The van der Waals surface area contributed by atoms with E-state index < -0.39 is 11.9 Å². The Hall–Kier alpha value is -0.610. The van der Waals surface area contributed by atoms with E-state index in [4.69, 9.17) is 10.9 Å². The molecular weight excluding hydrogens is 108 g/mol. The van der Waals surface area contributed by atoms with Crippen molar-refractivity contribution in [2.75, 3.05) is 7.05 Å². The van der Waals surface area contributed by atoms with Crippen molar-refractivity contribution in [3.05, 3.63) is 0 Å². The zero-order valence-corrected chi connectivity index (χ0v) is 4.96. The van der Waals surface area contributed by atoms with E-state index in [0.29, 0.717) is 0 Å². The van der Waals surface area contributed by atoms with Crippen molar-refractivity contribution < 1.29 is 10.0 Å². The van der Waals surface area contributed by atoms with Gasteiger partial charge in [-0.25, -0.2) is 0 Å². The highest BCUT2D eigenvalue weighted by Crippen LogP contribution is 1.86. The number of nitrogens with two attached hydrogens (primary N) is 1. The number of hydrogen-bond donors (Lipinski definition) is 2. The summed E-state index contributed by atoms with van der Waals surface area (Å²) < 4.78 is 0. The number of nitrogens with zero attached hydrogens (tertiary/aromatic N) is 1. The molecule has 0 unspecified atom stereocenters. The molecule has 0 aliphatic rings. The Morgan fingerprint density at radius 3 is 2.25 bits per heavy atom. The van der Waals surface area contributed by atoms with Crippen molar-refractivity contribution >= 4 is 5.91 Å². The first kappa shape index (κ1) is 7.39. The van der Waals surface area contributed by atoms with Crippen LogP contribution in [-0.2, 0) is 4.79 Å². The Kier molecular flexibility index (Phi) is 2.44. The lowest BCUT2D eigenvalue weighted by Crippen LogP contribution is -2.38. The van der Waals surface area contributed by atoms with Crippen LogP contribution >= 0.6 is 0 Å². The van der Waals surface area contributed by atoms with Gasteiger partial charge in [-0.15, -0.1) is 0 Å². The van der Waals surface area contributed by atoms with Gasteiger partial charge in [-0.3, -0.25) is 4.79 Å². The highest BCUT2D eigenvalue weighted by molar-refractivity contribution is 5.79. The Bertz CT molecular complexity index is 92.0. The van der Waals surface area contributed by atoms with E-state index in [1.807, 2.05) is 0 Å². The van der Waals surface area contributed by atoms with Crippen LogP contribution in [0.4, 0.5) is 0 Å². The van der Waals surface area contributed by atoms with E-state index in [1.54, 1.807) is 0 Å². The fourth-order valence-corrected chi connectivity index (χ4v) is 0.184. The maximum absolute atomic E-state index is 10.2. The molecule has 0 aliphatic heterocycles. The van der Waals surface area contributed by atoms with E-state index >= 15 is 0 Å². The third-order valence-corrected chi connectivity index (χ3v) is 0.972. The number of hydroxylamine groups is 2. The summed E-state index contributed by atoms with van der Waals surface area (Å²) in [4.78, 5) is 10.2. The number of carbonyl (C=O) groups is 1. The minimum atomic E-state index is -0.602. The van der Waals surface area contributed by atoms with E-state index in [0.717, 1.165) is 5.06 Å². The van der Waals surface area contributed by atoms with Gasteiger partial charge >= 0.3 is 0 Å². The van der Waals surface area contributed by atoms with Gasteiger partial charge in [-0.1, -0.05) is 0 Å². The third kappa shape index (κ3) is 1.90. The van der Waals surface area contributed by atoms with Crippen LogP contribution < -0.4 is 5.73 Å². The quantitative estimate of drug-likeness (QED) is 0.465. The second-order valence-electron chi connectivity index (χ2n) is 1.65.